The smallest absolute Gasteiger partial charge is 0.304 e. The third-order valence-electron chi connectivity index (χ3n) is 4.04. The first-order valence-corrected chi connectivity index (χ1v) is 6.86. The van der Waals surface area contributed by atoms with Gasteiger partial charge in [0.2, 0.25) is 5.91 Å². The van der Waals surface area contributed by atoms with Crippen molar-refractivity contribution in [1.29, 1.82) is 0 Å². The van der Waals surface area contributed by atoms with Gasteiger partial charge in [-0.1, -0.05) is 18.2 Å². The average Bonchev–Trinajstić information content (AvgIpc) is 3.06. The van der Waals surface area contributed by atoms with Gasteiger partial charge in [0.25, 0.3) is 0 Å². The Balaban J connectivity index is 1.86. The van der Waals surface area contributed by atoms with Gasteiger partial charge < -0.3 is 14.7 Å². The van der Waals surface area contributed by atoms with Crippen LogP contribution in [0.1, 0.15) is 24.3 Å². The van der Waals surface area contributed by atoms with Crippen LogP contribution in [0.2, 0.25) is 0 Å². The molecule has 5 nitrogen and oxygen atoms in total. The van der Waals surface area contributed by atoms with Gasteiger partial charge in [0.05, 0.1) is 18.9 Å². The van der Waals surface area contributed by atoms with Gasteiger partial charge in [0, 0.05) is 24.8 Å². The zero-order valence-corrected chi connectivity index (χ0v) is 11.1. The second-order valence-corrected chi connectivity index (χ2v) is 5.36. The van der Waals surface area contributed by atoms with E-state index < -0.39 is 5.97 Å². The van der Waals surface area contributed by atoms with Gasteiger partial charge in [-0.3, -0.25) is 9.59 Å². The van der Waals surface area contributed by atoms with E-state index in [1.54, 1.807) is 4.90 Å². The van der Waals surface area contributed by atoms with Gasteiger partial charge in [-0.15, -0.1) is 0 Å². The molecule has 0 bridgehead atoms. The highest BCUT2D eigenvalue weighted by atomic mass is 16.5. The van der Waals surface area contributed by atoms with E-state index in [0.717, 1.165) is 17.7 Å². The molecule has 106 valence electrons. The van der Waals surface area contributed by atoms with Crippen LogP contribution in [0.5, 0.6) is 0 Å². The fourth-order valence-electron chi connectivity index (χ4n) is 3.04. The van der Waals surface area contributed by atoms with E-state index in [4.69, 9.17) is 9.84 Å². The molecule has 2 atom stereocenters. The molecule has 0 radical (unpaired) electrons. The van der Waals surface area contributed by atoms with E-state index in [-0.39, 0.29) is 24.2 Å². The number of fused-ring (bicyclic) bond motifs is 1. The lowest BCUT2D eigenvalue weighted by Gasteiger charge is -2.20. The monoisotopic (exact) mass is 275 g/mol. The number of anilines is 1. The molecule has 0 aliphatic carbocycles. The molecule has 1 amide bonds. The van der Waals surface area contributed by atoms with Crippen molar-refractivity contribution in [2.75, 3.05) is 24.7 Å². The fraction of sp³-hybridized carbons (Fsp3) is 0.467. The largest absolute Gasteiger partial charge is 0.481 e. The molecule has 1 fully saturated rings. The van der Waals surface area contributed by atoms with Crippen LogP contribution < -0.4 is 4.90 Å². The van der Waals surface area contributed by atoms with Gasteiger partial charge in [-0.25, -0.2) is 0 Å². The molecule has 2 aliphatic heterocycles. The molecule has 3 rings (SSSR count). The van der Waals surface area contributed by atoms with Crippen LogP contribution in [0.3, 0.4) is 0 Å². The number of ether oxygens (including phenoxy) is 1. The highest BCUT2D eigenvalue weighted by Crippen LogP contribution is 2.39. The Morgan fingerprint density at radius 3 is 2.85 bits per heavy atom. The third kappa shape index (κ3) is 2.29. The highest BCUT2D eigenvalue weighted by Gasteiger charge is 2.37. The Kier molecular flexibility index (Phi) is 3.44. The summed E-state index contributed by atoms with van der Waals surface area (Å²) >= 11 is 0. The van der Waals surface area contributed by atoms with Crippen LogP contribution >= 0.6 is 0 Å². The number of carbonyl (C=O) groups excluding carboxylic acids is 1. The highest BCUT2D eigenvalue weighted by molar-refractivity contribution is 5.97. The van der Waals surface area contributed by atoms with Crippen molar-refractivity contribution in [3.05, 3.63) is 29.8 Å². The number of carboxylic acids is 1. The molecule has 0 spiro atoms. The number of amides is 1. The normalized spacial score (nSPS) is 24.7. The maximum absolute atomic E-state index is 12.5. The van der Waals surface area contributed by atoms with Crippen LogP contribution in [-0.4, -0.2) is 36.7 Å². The second kappa shape index (κ2) is 5.25. The molecule has 1 saturated heterocycles. The first kappa shape index (κ1) is 13.1. The Labute approximate surface area is 117 Å². The molecule has 5 heteroatoms. The summed E-state index contributed by atoms with van der Waals surface area (Å²) in [5.74, 6) is -0.979. The molecular formula is C15H17NO4. The van der Waals surface area contributed by atoms with Crippen LogP contribution in [0.25, 0.3) is 0 Å². The lowest BCUT2D eigenvalue weighted by Crippen LogP contribution is -2.35. The first-order chi connectivity index (χ1) is 9.66. The molecule has 20 heavy (non-hydrogen) atoms. The number of hydrogen-bond acceptors (Lipinski definition) is 3. The summed E-state index contributed by atoms with van der Waals surface area (Å²) in [4.78, 5) is 25.3. The number of nitrogens with zero attached hydrogens (tertiary/aromatic N) is 1. The molecule has 0 aromatic heterocycles. The van der Waals surface area contributed by atoms with Crippen molar-refractivity contribution < 1.29 is 19.4 Å². The van der Waals surface area contributed by atoms with Crippen molar-refractivity contribution in [3.8, 4) is 0 Å². The number of para-hydroxylation sites is 1. The van der Waals surface area contributed by atoms with Crippen LogP contribution in [0.15, 0.2) is 24.3 Å². The van der Waals surface area contributed by atoms with E-state index in [2.05, 4.69) is 0 Å². The predicted octanol–water partition coefficient (Wildman–Crippen LogP) is 1.63. The molecule has 2 aliphatic rings. The van der Waals surface area contributed by atoms with Crippen molar-refractivity contribution in [2.45, 2.75) is 18.8 Å². The van der Waals surface area contributed by atoms with Crippen LogP contribution in [0.4, 0.5) is 5.69 Å². The third-order valence-corrected chi connectivity index (χ3v) is 4.04. The average molecular weight is 275 g/mol. The maximum atomic E-state index is 12.5. The Morgan fingerprint density at radius 1 is 1.35 bits per heavy atom. The van der Waals surface area contributed by atoms with Gasteiger partial charge >= 0.3 is 5.97 Å². The summed E-state index contributed by atoms with van der Waals surface area (Å²) in [6.45, 7) is 1.56. The summed E-state index contributed by atoms with van der Waals surface area (Å²) in [5, 5.41) is 9.01. The molecule has 1 aromatic rings. The lowest BCUT2D eigenvalue weighted by atomic mass is 9.98. The van der Waals surface area contributed by atoms with Crippen molar-refractivity contribution >= 4 is 17.6 Å². The Bertz CT molecular complexity index is 536. The van der Waals surface area contributed by atoms with E-state index >= 15 is 0 Å². The predicted molar refractivity (Wildman–Crippen MR) is 72.7 cm³/mol. The number of aliphatic carboxylic acids is 1. The molecule has 1 N–H and O–H groups in total. The number of carbonyl (C=O) groups is 2. The standard InChI is InChI=1S/C15H17NO4/c17-14(18)7-11-8-16(13-4-2-1-3-12(11)13)15(19)10-5-6-20-9-10/h1-4,10-11H,5-9H2,(H,17,18). The van der Waals surface area contributed by atoms with Gasteiger partial charge in [0.15, 0.2) is 0 Å². The summed E-state index contributed by atoms with van der Waals surface area (Å²) in [6.07, 6.45) is 0.809. The number of hydrogen-bond donors (Lipinski definition) is 1. The summed E-state index contributed by atoms with van der Waals surface area (Å²) in [7, 11) is 0. The topological polar surface area (TPSA) is 66.8 Å². The summed E-state index contributed by atoms with van der Waals surface area (Å²) in [5.41, 5.74) is 1.82. The molecular weight excluding hydrogens is 258 g/mol. The molecule has 0 saturated carbocycles. The van der Waals surface area contributed by atoms with Crippen LogP contribution in [0, 0.1) is 5.92 Å². The quantitative estimate of drug-likeness (QED) is 0.910. The van der Waals surface area contributed by atoms with Gasteiger partial charge in [-0.05, 0) is 18.1 Å². The fourth-order valence-corrected chi connectivity index (χ4v) is 3.04. The van der Waals surface area contributed by atoms with Crippen molar-refractivity contribution in [2.24, 2.45) is 5.92 Å². The van der Waals surface area contributed by atoms with Crippen LogP contribution in [-0.2, 0) is 14.3 Å². The van der Waals surface area contributed by atoms with E-state index in [1.165, 1.54) is 0 Å². The molecule has 2 unspecified atom stereocenters. The van der Waals surface area contributed by atoms with Crippen molar-refractivity contribution in [1.82, 2.24) is 0 Å². The second-order valence-electron chi connectivity index (χ2n) is 5.36. The zero-order valence-electron chi connectivity index (χ0n) is 11.1. The van der Waals surface area contributed by atoms with E-state index in [1.807, 2.05) is 24.3 Å². The Morgan fingerprint density at radius 2 is 2.15 bits per heavy atom. The number of carboxylic acid groups (broad SMARTS) is 1. The van der Waals surface area contributed by atoms with E-state index in [9.17, 15) is 9.59 Å². The minimum absolute atomic E-state index is 0.0575. The first-order valence-electron chi connectivity index (χ1n) is 6.86. The maximum Gasteiger partial charge on any atom is 0.304 e. The summed E-state index contributed by atoms with van der Waals surface area (Å²) < 4.78 is 5.28. The zero-order chi connectivity index (χ0) is 14.1. The molecule has 1 aromatic carbocycles. The van der Waals surface area contributed by atoms with E-state index in [0.29, 0.717) is 19.8 Å². The van der Waals surface area contributed by atoms with Crippen molar-refractivity contribution in [3.63, 3.8) is 0 Å². The summed E-state index contributed by atoms with van der Waals surface area (Å²) in [6, 6.07) is 7.58. The number of benzene rings is 1. The SMILES string of the molecule is O=C(O)CC1CN(C(=O)C2CCOC2)c2ccccc21. The number of rotatable bonds is 3. The Hall–Kier alpha value is -1.88. The lowest BCUT2D eigenvalue weighted by molar-refractivity contribution is -0.137. The molecule has 2 heterocycles. The van der Waals surface area contributed by atoms with Gasteiger partial charge in [-0.2, -0.15) is 0 Å². The minimum Gasteiger partial charge on any atom is -0.481 e. The minimum atomic E-state index is -0.830. The van der Waals surface area contributed by atoms with Gasteiger partial charge in [0.1, 0.15) is 0 Å².